The van der Waals surface area contributed by atoms with Crippen LogP contribution in [0.15, 0.2) is 54.6 Å². The zero-order valence-corrected chi connectivity index (χ0v) is 18.7. The highest BCUT2D eigenvalue weighted by atomic mass is 35.5. The van der Waals surface area contributed by atoms with E-state index in [4.69, 9.17) is 16.6 Å². The zero-order valence-electron chi connectivity index (χ0n) is 17.9. The Kier molecular flexibility index (Phi) is 5.92. The third kappa shape index (κ3) is 4.20. The van der Waals surface area contributed by atoms with Crippen molar-refractivity contribution in [1.82, 2.24) is 14.8 Å². The van der Waals surface area contributed by atoms with Crippen LogP contribution in [-0.2, 0) is 11.8 Å². The first-order chi connectivity index (χ1) is 15.4. The zero-order chi connectivity index (χ0) is 22.8. The van der Waals surface area contributed by atoms with Crippen molar-refractivity contribution in [1.29, 1.82) is 0 Å². The molecule has 2 amide bonds. The molecule has 8 heteroatoms. The molecule has 2 aromatic heterocycles. The smallest absolute Gasteiger partial charge is 0.256 e. The van der Waals surface area contributed by atoms with E-state index in [-0.39, 0.29) is 11.8 Å². The van der Waals surface area contributed by atoms with Gasteiger partial charge in [0.15, 0.2) is 5.65 Å². The van der Waals surface area contributed by atoms with Gasteiger partial charge >= 0.3 is 0 Å². The minimum Gasteiger partial charge on any atom is -0.326 e. The molecule has 0 aliphatic rings. The SMILES string of the molecule is CCC(=O)Nc1ccc(Cl)c(NC(=O)c2cc(-c3ccccc3)nc3c2c(C)nn3C)c1. The minimum atomic E-state index is -0.341. The van der Waals surface area contributed by atoms with E-state index >= 15 is 0 Å². The van der Waals surface area contributed by atoms with Gasteiger partial charge in [-0.2, -0.15) is 5.10 Å². The second kappa shape index (κ2) is 8.80. The van der Waals surface area contributed by atoms with Crippen molar-refractivity contribution in [3.05, 3.63) is 70.9 Å². The number of aryl methyl sites for hydroxylation is 2. The third-order valence-electron chi connectivity index (χ3n) is 5.10. The summed E-state index contributed by atoms with van der Waals surface area (Å²) in [5, 5.41) is 11.1. The normalized spacial score (nSPS) is 10.9. The molecule has 0 radical (unpaired) electrons. The molecule has 0 fully saturated rings. The van der Waals surface area contributed by atoms with Gasteiger partial charge in [-0.25, -0.2) is 4.98 Å². The molecule has 0 spiro atoms. The number of pyridine rings is 1. The predicted molar refractivity (Wildman–Crippen MR) is 127 cm³/mol. The first-order valence-electron chi connectivity index (χ1n) is 10.2. The van der Waals surface area contributed by atoms with Crippen molar-refractivity contribution in [3.63, 3.8) is 0 Å². The monoisotopic (exact) mass is 447 g/mol. The predicted octanol–water partition coefficient (Wildman–Crippen LogP) is 5.20. The van der Waals surface area contributed by atoms with Crippen molar-refractivity contribution in [3.8, 4) is 11.3 Å². The summed E-state index contributed by atoms with van der Waals surface area (Å²) in [5.74, 6) is -0.467. The first kappa shape index (κ1) is 21.5. The second-order valence-corrected chi connectivity index (χ2v) is 7.79. The standard InChI is InChI=1S/C24H22ClN5O2/c1-4-21(31)26-16-10-11-18(25)20(12-16)28-24(32)17-13-19(15-8-6-5-7-9-15)27-23-22(17)14(2)29-30(23)3/h5-13H,4H2,1-3H3,(H,26,31)(H,28,32). The quantitative estimate of drug-likeness (QED) is 0.440. The maximum absolute atomic E-state index is 13.4. The number of nitrogens with one attached hydrogen (secondary N) is 2. The molecule has 32 heavy (non-hydrogen) atoms. The second-order valence-electron chi connectivity index (χ2n) is 7.38. The molecule has 0 atom stereocenters. The molecule has 2 aromatic carbocycles. The van der Waals surface area contributed by atoms with Gasteiger partial charge in [-0.3, -0.25) is 14.3 Å². The Morgan fingerprint density at radius 2 is 1.81 bits per heavy atom. The molecule has 4 aromatic rings. The highest BCUT2D eigenvalue weighted by molar-refractivity contribution is 6.34. The van der Waals surface area contributed by atoms with Gasteiger partial charge in [0.1, 0.15) is 0 Å². The van der Waals surface area contributed by atoms with Gasteiger partial charge in [0.05, 0.1) is 33.0 Å². The van der Waals surface area contributed by atoms with Gasteiger partial charge < -0.3 is 10.6 Å². The average Bonchev–Trinajstić information content (AvgIpc) is 3.09. The van der Waals surface area contributed by atoms with Crippen molar-refractivity contribution < 1.29 is 9.59 Å². The lowest BCUT2D eigenvalue weighted by Crippen LogP contribution is -2.15. The van der Waals surface area contributed by atoms with Gasteiger partial charge in [0.25, 0.3) is 5.91 Å². The van der Waals surface area contributed by atoms with E-state index < -0.39 is 0 Å². The number of carbonyl (C=O) groups excluding carboxylic acids is 2. The van der Waals surface area contributed by atoms with Crippen LogP contribution < -0.4 is 10.6 Å². The van der Waals surface area contributed by atoms with Crippen LogP contribution in [0.25, 0.3) is 22.3 Å². The molecule has 162 valence electrons. The van der Waals surface area contributed by atoms with Crippen molar-refractivity contribution in [2.24, 2.45) is 7.05 Å². The number of hydrogen-bond donors (Lipinski definition) is 2. The Bertz CT molecular complexity index is 1330. The number of nitrogens with zero attached hydrogens (tertiary/aromatic N) is 3. The highest BCUT2D eigenvalue weighted by Crippen LogP contribution is 2.30. The van der Waals surface area contributed by atoms with Gasteiger partial charge in [0, 0.05) is 24.7 Å². The summed E-state index contributed by atoms with van der Waals surface area (Å²) in [4.78, 5) is 29.9. The lowest BCUT2D eigenvalue weighted by Gasteiger charge is -2.12. The van der Waals surface area contributed by atoms with Gasteiger partial charge in [-0.1, -0.05) is 48.9 Å². The Morgan fingerprint density at radius 1 is 1.06 bits per heavy atom. The van der Waals surface area contributed by atoms with Crippen LogP contribution in [-0.4, -0.2) is 26.6 Å². The number of benzene rings is 2. The Morgan fingerprint density at radius 3 is 2.53 bits per heavy atom. The first-order valence-corrected chi connectivity index (χ1v) is 10.6. The third-order valence-corrected chi connectivity index (χ3v) is 5.43. The number of aromatic nitrogens is 3. The number of rotatable bonds is 5. The summed E-state index contributed by atoms with van der Waals surface area (Å²) in [6, 6.07) is 16.4. The summed E-state index contributed by atoms with van der Waals surface area (Å²) in [5.41, 5.74) is 4.28. The van der Waals surface area contributed by atoms with Crippen LogP contribution in [0, 0.1) is 6.92 Å². The summed E-state index contributed by atoms with van der Waals surface area (Å²) < 4.78 is 1.67. The van der Waals surface area contributed by atoms with E-state index in [9.17, 15) is 9.59 Å². The van der Waals surface area contributed by atoms with E-state index in [2.05, 4.69) is 15.7 Å². The molecule has 4 rings (SSSR count). The molecule has 0 saturated heterocycles. The maximum atomic E-state index is 13.4. The molecule has 7 nitrogen and oxygen atoms in total. The highest BCUT2D eigenvalue weighted by Gasteiger charge is 2.20. The number of hydrogen-bond acceptors (Lipinski definition) is 4. The fourth-order valence-corrected chi connectivity index (χ4v) is 3.68. The molecular formula is C24H22ClN5O2. The molecule has 0 aliphatic heterocycles. The Labute approximate surface area is 190 Å². The Balaban J connectivity index is 1.77. The lowest BCUT2D eigenvalue weighted by atomic mass is 10.0. The van der Waals surface area contributed by atoms with Crippen LogP contribution in [0.1, 0.15) is 29.4 Å². The van der Waals surface area contributed by atoms with Crippen LogP contribution in [0.3, 0.4) is 0 Å². The van der Waals surface area contributed by atoms with Gasteiger partial charge in [-0.05, 0) is 31.2 Å². The molecule has 0 aliphatic carbocycles. The van der Waals surface area contributed by atoms with E-state index in [1.807, 2.05) is 37.3 Å². The number of fused-ring (bicyclic) bond motifs is 1. The van der Waals surface area contributed by atoms with E-state index in [0.29, 0.717) is 50.8 Å². The maximum Gasteiger partial charge on any atom is 0.256 e. The van der Waals surface area contributed by atoms with Crippen LogP contribution >= 0.6 is 11.6 Å². The Hall–Kier alpha value is -3.71. The molecule has 0 unspecified atom stereocenters. The molecular weight excluding hydrogens is 426 g/mol. The molecule has 2 heterocycles. The number of halogens is 1. The van der Waals surface area contributed by atoms with Gasteiger partial charge in [-0.15, -0.1) is 0 Å². The van der Waals surface area contributed by atoms with E-state index in [1.54, 1.807) is 42.9 Å². The van der Waals surface area contributed by atoms with Crippen molar-refractivity contribution >= 4 is 45.8 Å². The summed E-state index contributed by atoms with van der Waals surface area (Å²) in [6.45, 7) is 3.61. The lowest BCUT2D eigenvalue weighted by molar-refractivity contribution is -0.115. The number of carbonyl (C=O) groups is 2. The summed E-state index contributed by atoms with van der Waals surface area (Å²) in [6.07, 6.45) is 0.349. The average molecular weight is 448 g/mol. The largest absolute Gasteiger partial charge is 0.326 e. The fraction of sp³-hybridized carbons (Fsp3) is 0.167. The van der Waals surface area contributed by atoms with Crippen LogP contribution in [0.5, 0.6) is 0 Å². The fourth-order valence-electron chi connectivity index (χ4n) is 3.52. The number of anilines is 2. The van der Waals surface area contributed by atoms with Crippen LogP contribution in [0.2, 0.25) is 5.02 Å². The van der Waals surface area contributed by atoms with Crippen molar-refractivity contribution in [2.75, 3.05) is 10.6 Å². The van der Waals surface area contributed by atoms with Gasteiger partial charge in [0.2, 0.25) is 5.91 Å². The summed E-state index contributed by atoms with van der Waals surface area (Å²) in [7, 11) is 1.80. The van der Waals surface area contributed by atoms with E-state index in [1.165, 1.54) is 0 Å². The minimum absolute atomic E-state index is 0.126. The molecule has 0 saturated carbocycles. The molecule has 0 bridgehead atoms. The topological polar surface area (TPSA) is 88.9 Å². The van der Waals surface area contributed by atoms with Crippen LogP contribution in [0.4, 0.5) is 11.4 Å². The molecule has 2 N–H and O–H groups in total. The number of amides is 2. The van der Waals surface area contributed by atoms with Crippen molar-refractivity contribution in [2.45, 2.75) is 20.3 Å². The summed E-state index contributed by atoms with van der Waals surface area (Å²) >= 11 is 6.32. The van der Waals surface area contributed by atoms with E-state index in [0.717, 1.165) is 5.56 Å².